The summed E-state index contributed by atoms with van der Waals surface area (Å²) in [5.74, 6) is 0.00373. The van der Waals surface area contributed by atoms with E-state index in [-0.39, 0.29) is 18.1 Å². The predicted molar refractivity (Wildman–Crippen MR) is 104 cm³/mol. The van der Waals surface area contributed by atoms with Crippen molar-refractivity contribution in [3.63, 3.8) is 0 Å². The Hall–Kier alpha value is -2.18. The van der Waals surface area contributed by atoms with Gasteiger partial charge in [-0.3, -0.25) is 14.4 Å². The van der Waals surface area contributed by atoms with E-state index in [1.807, 2.05) is 35.9 Å². The molecule has 0 saturated carbocycles. The number of nitrogens with one attached hydrogen (secondary N) is 1. The van der Waals surface area contributed by atoms with E-state index >= 15 is 0 Å². The van der Waals surface area contributed by atoms with Crippen LogP contribution in [0.15, 0.2) is 30.3 Å². The third kappa shape index (κ3) is 4.06. The van der Waals surface area contributed by atoms with Gasteiger partial charge in [0.15, 0.2) is 0 Å². The monoisotopic (exact) mass is 368 g/mol. The first-order valence-corrected chi connectivity index (χ1v) is 9.74. The van der Waals surface area contributed by atoms with E-state index in [0.717, 1.165) is 43.1 Å². The number of carbonyl (C=O) groups excluding carboxylic acids is 1. The smallest absolute Gasteiger partial charge is 0.251 e. The van der Waals surface area contributed by atoms with E-state index in [0.29, 0.717) is 18.2 Å². The van der Waals surface area contributed by atoms with Crippen LogP contribution >= 0.6 is 0 Å². The van der Waals surface area contributed by atoms with E-state index in [1.165, 1.54) is 0 Å². The molecule has 1 aromatic carbocycles. The molecule has 6 heteroatoms. The average Bonchev–Trinajstić information content (AvgIpc) is 3.16. The number of nitrogens with zero attached hydrogens (tertiary/aromatic N) is 3. The fourth-order valence-corrected chi connectivity index (χ4v) is 4.23. The maximum Gasteiger partial charge on any atom is 0.251 e. The molecule has 0 aliphatic carbocycles. The zero-order valence-corrected chi connectivity index (χ0v) is 16.3. The third-order valence-corrected chi connectivity index (χ3v) is 5.55. The fourth-order valence-electron chi connectivity index (χ4n) is 4.23. The number of aryl methyl sites for hydroxylation is 2. The van der Waals surface area contributed by atoms with E-state index in [2.05, 4.69) is 35.2 Å². The van der Waals surface area contributed by atoms with Crippen molar-refractivity contribution in [2.45, 2.75) is 51.9 Å². The minimum atomic E-state index is 0.00373. The fraction of sp³-hybridized carbons (Fsp3) is 0.524. The average molecular weight is 368 g/mol. The second-order valence-corrected chi connectivity index (χ2v) is 7.94. The van der Waals surface area contributed by atoms with Gasteiger partial charge in [-0.1, -0.05) is 12.1 Å². The number of rotatable bonds is 4. The third-order valence-electron chi connectivity index (χ3n) is 5.55. The van der Waals surface area contributed by atoms with Crippen LogP contribution in [0.25, 0.3) is 0 Å². The number of benzene rings is 1. The highest BCUT2D eigenvalue weighted by Crippen LogP contribution is 2.23. The van der Waals surface area contributed by atoms with Crippen LogP contribution in [-0.2, 0) is 11.3 Å². The Balaban J connectivity index is 1.40. The normalized spacial score (nSPS) is 25.4. The molecule has 0 radical (unpaired) electrons. The Morgan fingerprint density at radius 3 is 2.93 bits per heavy atom. The molecule has 0 bridgehead atoms. The van der Waals surface area contributed by atoms with Crippen molar-refractivity contribution < 1.29 is 9.53 Å². The quantitative estimate of drug-likeness (QED) is 0.898. The van der Waals surface area contributed by atoms with Crippen molar-refractivity contribution in [1.29, 1.82) is 0 Å². The predicted octanol–water partition coefficient (Wildman–Crippen LogP) is 2.14. The van der Waals surface area contributed by atoms with Gasteiger partial charge in [0.2, 0.25) is 0 Å². The van der Waals surface area contributed by atoms with Crippen LogP contribution in [0.2, 0.25) is 0 Å². The summed E-state index contributed by atoms with van der Waals surface area (Å²) in [5, 5.41) is 7.72. The van der Waals surface area contributed by atoms with Gasteiger partial charge in [-0.25, -0.2) is 0 Å². The minimum absolute atomic E-state index is 0.00373. The van der Waals surface area contributed by atoms with Crippen LogP contribution in [0.5, 0.6) is 0 Å². The van der Waals surface area contributed by atoms with Crippen LogP contribution in [0, 0.1) is 13.8 Å². The number of fused-ring (bicyclic) bond motifs is 1. The van der Waals surface area contributed by atoms with Crippen LogP contribution < -0.4 is 5.32 Å². The molecule has 1 amide bonds. The molecule has 1 N–H and O–H groups in total. The molecule has 2 aliphatic rings. The maximum atomic E-state index is 12.8. The molecular formula is C21H28N4O2. The SMILES string of the molecule is Cc1cc(C)n(Cc2cccc(C(=O)N[C@H]3C[C@H]4CO[C@H](C)CN4C3)c2)n1. The highest BCUT2D eigenvalue weighted by molar-refractivity contribution is 5.94. The number of hydrogen-bond acceptors (Lipinski definition) is 4. The van der Waals surface area contributed by atoms with Gasteiger partial charge in [-0.15, -0.1) is 0 Å². The molecule has 2 aliphatic heterocycles. The molecule has 1 aromatic heterocycles. The highest BCUT2D eigenvalue weighted by atomic mass is 16.5. The zero-order chi connectivity index (χ0) is 19.0. The Labute approximate surface area is 160 Å². The van der Waals surface area contributed by atoms with E-state index in [1.54, 1.807) is 0 Å². The Bertz CT molecular complexity index is 831. The first-order chi connectivity index (χ1) is 13.0. The summed E-state index contributed by atoms with van der Waals surface area (Å²) >= 11 is 0. The van der Waals surface area contributed by atoms with Crippen molar-refractivity contribution in [1.82, 2.24) is 20.0 Å². The van der Waals surface area contributed by atoms with Crippen molar-refractivity contribution in [3.8, 4) is 0 Å². The molecule has 6 nitrogen and oxygen atoms in total. The minimum Gasteiger partial charge on any atom is -0.376 e. The molecule has 4 rings (SSSR count). The summed E-state index contributed by atoms with van der Waals surface area (Å²) in [6, 6.07) is 10.5. The lowest BCUT2D eigenvalue weighted by Gasteiger charge is -2.33. The van der Waals surface area contributed by atoms with E-state index in [9.17, 15) is 4.79 Å². The topological polar surface area (TPSA) is 59.4 Å². The maximum absolute atomic E-state index is 12.8. The van der Waals surface area contributed by atoms with Crippen LogP contribution in [0.4, 0.5) is 0 Å². The number of aromatic nitrogens is 2. The molecule has 3 atom stereocenters. The van der Waals surface area contributed by atoms with Crippen LogP contribution in [0.1, 0.15) is 40.7 Å². The van der Waals surface area contributed by atoms with Gasteiger partial charge in [0.25, 0.3) is 5.91 Å². The molecular weight excluding hydrogens is 340 g/mol. The van der Waals surface area contributed by atoms with Gasteiger partial charge >= 0.3 is 0 Å². The Morgan fingerprint density at radius 1 is 1.30 bits per heavy atom. The molecule has 2 saturated heterocycles. The first-order valence-electron chi connectivity index (χ1n) is 9.74. The summed E-state index contributed by atoms with van der Waals surface area (Å²) in [7, 11) is 0. The summed E-state index contributed by atoms with van der Waals surface area (Å²) in [4.78, 5) is 15.2. The molecule has 0 unspecified atom stereocenters. The van der Waals surface area contributed by atoms with Crippen molar-refractivity contribution in [3.05, 3.63) is 52.8 Å². The second kappa shape index (κ2) is 7.44. The summed E-state index contributed by atoms with van der Waals surface area (Å²) < 4.78 is 7.73. The molecule has 3 heterocycles. The van der Waals surface area contributed by atoms with Crippen molar-refractivity contribution in [2.75, 3.05) is 19.7 Å². The van der Waals surface area contributed by atoms with Gasteiger partial charge in [-0.2, -0.15) is 5.10 Å². The number of amides is 1. The number of morpholine rings is 1. The van der Waals surface area contributed by atoms with Gasteiger partial charge in [-0.05, 0) is 51.0 Å². The van der Waals surface area contributed by atoms with Gasteiger partial charge in [0.1, 0.15) is 0 Å². The molecule has 27 heavy (non-hydrogen) atoms. The highest BCUT2D eigenvalue weighted by Gasteiger charge is 2.36. The molecule has 2 fully saturated rings. The van der Waals surface area contributed by atoms with E-state index < -0.39 is 0 Å². The van der Waals surface area contributed by atoms with E-state index in [4.69, 9.17) is 4.74 Å². The van der Waals surface area contributed by atoms with Gasteiger partial charge in [0, 0.05) is 36.4 Å². The first kappa shape index (κ1) is 18.2. The number of carbonyl (C=O) groups is 1. The standard InChI is InChI=1S/C21H28N4O2/c1-14-7-15(2)25(23-14)11-17-5-4-6-18(8-17)21(26)22-19-9-20-13-27-16(3)10-24(20)12-19/h4-8,16,19-20H,9-13H2,1-3H3,(H,22,26)/t16-,19+,20+/m1/s1. The second-order valence-electron chi connectivity index (χ2n) is 7.94. The molecule has 0 spiro atoms. The zero-order valence-electron chi connectivity index (χ0n) is 16.3. The Morgan fingerprint density at radius 2 is 2.15 bits per heavy atom. The van der Waals surface area contributed by atoms with Gasteiger partial charge < -0.3 is 10.1 Å². The van der Waals surface area contributed by atoms with Crippen LogP contribution in [0.3, 0.4) is 0 Å². The van der Waals surface area contributed by atoms with Crippen molar-refractivity contribution >= 4 is 5.91 Å². The lowest BCUT2D eigenvalue weighted by atomic mass is 10.1. The lowest BCUT2D eigenvalue weighted by molar-refractivity contribution is -0.0390. The summed E-state index contributed by atoms with van der Waals surface area (Å²) in [5.41, 5.74) is 3.93. The van der Waals surface area contributed by atoms with Crippen molar-refractivity contribution in [2.24, 2.45) is 0 Å². The number of hydrogen-bond donors (Lipinski definition) is 1. The van der Waals surface area contributed by atoms with Gasteiger partial charge in [0.05, 0.1) is 24.9 Å². The Kier molecular flexibility index (Phi) is 5.02. The number of ether oxygens (including phenoxy) is 1. The molecule has 2 aromatic rings. The summed E-state index contributed by atoms with van der Waals surface area (Å²) in [6.45, 7) is 9.46. The van der Waals surface area contributed by atoms with Crippen LogP contribution in [-0.4, -0.2) is 58.5 Å². The molecule has 144 valence electrons. The largest absolute Gasteiger partial charge is 0.376 e. The summed E-state index contributed by atoms with van der Waals surface area (Å²) in [6.07, 6.45) is 1.24. The lowest BCUT2D eigenvalue weighted by Crippen LogP contribution is -2.45.